The Labute approximate surface area is 194 Å². The molecule has 7 heteroatoms. The Morgan fingerprint density at radius 2 is 1.72 bits per heavy atom. The highest BCUT2D eigenvalue weighted by molar-refractivity contribution is 8.18. The second-order valence-corrected chi connectivity index (χ2v) is 8.86. The molecule has 3 aromatic carbocycles. The molecule has 5 rings (SSSR count). The molecule has 1 N–H and O–H groups in total. The lowest BCUT2D eigenvalue weighted by Crippen LogP contribution is -2.26. The van der Waals surface area contributed by atoms with Gasteiger partial charge < -0.3 is 5.11 Å². The Hall–Kier alpha value is -3.35. The van der Waals surface area contributed by atoms with E-state index < -0.39 is 0 Å². The number of rotatable bonds is 3. The fourth-order valence-corrected chi connectivity index (χ4v) is 4.61. The highest BCUT2D eigenvalue weighted by Gasteiger charge is 2.36. The van der Waals surface area contributed by atoms with Crippen LogP contribution in [0, 0.1) is 0 Å². The number of nitrogens with zero attached hydrogens (tertiary/aromatic N) is 3. The van der Waals surface area contributed by atoms with Gasteiger partial charge in [0.25, 0.3) is 0 Å². The summed E-state index contributed by atoms with van der Waals surface area (Å²) >= 11 is 7.19. The standard InChI is InChI=1S/C25H18ClN3O2S/c26-19-10-8-18(9-11-19)22-15-21(17-4-2-1-3-5-17)28-29(22)24-23(32-25(31)27-24)14-16-6-12-20(30)13-7-16/h1-14,22,30H,15H2/b23-14-. The summed E-state index contributed by atoms with van der Waals surface area (Å²) in [5, 5.41) is 16.7. The van der Waals surface area contributed by atoms with Crippen molar-refractivity contribution in [3.63, 3.8) is 0 Å². The molecule has 158 valence electrons. The van der Waals surface area contributed by atoms with E-state index >= 15 is 0 Å². The van der Waals surface area contributed by atoms with Gasteiger partial charge >= 0.3 is 5.24 Å². The maximum atomic E-state index is 12.3. The molecule has 0 radical (unpaired) electrons. The van der Waals surface area contributed by atoms with Crippen molar-refractivity contribution in [1.82, 2.24) is 5.01 Å². The van der Waals surface area contributed by atoms with Crippen molar-refractivity contribution in [2.24, 2.45) is 10.1 Å². The summed E-state index contributed by atoms with van der Waals surface area (Å²) in [7, 11) is 0. The number of amides is 1. The predicted octanol–water partition coefficient (Wildman–Crippen LogP) is 6.50. The van der Waals surface area contributed by atoms with E-state index in [-0.39, 0.29) is 17.0 Å². The minimum atomic E-state index is -0.275. The van der Waals surface area contributed by atoms with E-state index in [1.165, 1.54) is 0 Å². The Balaban J connectivity index is 1.56. The van der Waals surface area contributed by atoms with Gasteiger partial charge in [-0.2, -0.15) is 10.1 Å². The number of phenolic OH excluding ortho intramolecular Hbond substituents is 1. The molecule has 2 heterocycles. The number of benzene rings is 3. The van der Waals surface area contributed by atoms with Crippen LogP contribution in [0.5, 0.6) is 5.75 Å². The minimum absolute atomic E-state index is 0.115. The molecule has 0 saturated heterocycles. The minimum Gasteiger partial charge on any atom is -0.508 e. The third-order valence-electron chi connectivity index (χ3n) is 5.29. The smallest absolute Gasteiger partial charge is 0.311 e. The van der Waals surface area contributed by atoms with Crippen molar-refractivity contribution >= 4 is 46.2 Å². The maximum Gasteiger partial charge on any atom is 0.311 e. The predicted molar refractivity (Wildman–Crippen MR) is 130 cm³/mol. The van der Waals surface area contributed by atoms with Gasteiger partial charge in [-0.05, 0) is 58.8 Å². The normalized spacial score (nSPS) is 19.4. The average Bonchev–Trinajstić information content (AvgIpc) is 3.40. The lowest BCUT2D eigenvalue weighted by atomic mass is 9.98. The number of hydrogen-bond donors (Lipinski definition) is 1. The van der Waals surface area contributed by atoms with Crippen LogP contribution in [0.2, 0.25) is 5.02 Å². The van der Waals surface area contributed by atoms with Crippen LogP contribution >= 0.6 is 23.4 Å². The van der Waals surface area contributed by atoms with Crippen molar-refractivity contribution < 1.29 is 9.90 Å². The summed E-state index contributed by atoms with van der Waals surface area (Å²) in [6.45, 7) is 0. The highest BCUT2D eigenvalue weighted by atomic mass is 35.5. The van der Waals surface area contributed by atoms with Crippen LogP contribution < -0.4 is 0 Å². The monoisotopic (exact) mass is 459 g/mol. The summed E-state index contributed by atoms with van der Waals surface area (Å²) in [5.41, 5.74) is 3.87. The highest BCUT2D eigenvalue weighted by Crippen LogP contribution is 2.39. The van der Waals surface area contributed by atoms with Crippen LogP contribution in [-0.4, -0.2) is 26.9 Å². The van der Waals surface area contributed by atoms with Gasteiger partial charge in [0.05, 0.1) is 16.7 Å². The molecule has 0 spiro atoms. The Bertz CT molecular complexity index is 1250. The second kappa shape index (κ2) is 8.65. The molecule has 3 aromatic rings. The van der Waals surface area contributed by atoms with Gasteiger partial charge in [0.2, 0.25) is 0 Å². The third kappa shape index (κ3) is 4.20. The van der Waals surface area contributed by atoms with Crippen molar-refractivity contribution in [2.45, 2.75) is 12.5 Å². The summed E-state index contributed by atoms with van der Waals surface area (Å²) in [6, 6.07) is 24.4. The zero-order valence-corrected chi connectivity index (χ0v) is 18.4. The van der Waals surface area contributed by atoms with E-state index in [0.29, 0.717) is 17.3 Å². The molecule has 2 aliphatic heterocycles. The molecule has 1 unspecified atom stereocenters. The van der Waals surface area contributed by atoms with Crippen molar-refractivity contribution in [3.8, 4) is 5.75 Å². The number of carbonyl (C=O) groups is 1. The number of amidine groups is 1. The van der Waals surface area contributed by atoms with E-state index in [1.807, 2.05) is 65.7 Å². The molecule has 0 fully saturated rings. The van der Waals surface area contributed by atoms with Gasteiger partial charge in [0.1, 0.15) is 5.75 Å². The van der Waals surface area contributed by atoms with E-state index in [2.05, 4.69) is 4.99 Å². The van der Waals surface area contributed by atoms with Crippen LogP contribution in [0.25, 0.3) is 6.08 Å². The zero-order valence-electron chi connectivity index (χ0n) is 16.9. The van der Waals surface area contributed by atoms with Crippen LogP contribution in [-0.2, 0) is 0 Å². The Kier molecular flexibility index (Phi) is 5.55. The largest absolute Gasteiger partial charge is 0.508 e. The van der Waals surface area contributed by atoms with E-state index in [0.717, 1.165) is 39.1 Å². The number of thioether (sulfide) groups is 1. The topological polar surface area (TPSA) is 65.3 Å². The van der Waals surface area contributed by atoms with Crippen molar-refractivity contribution in [1.29, 1.82) is 0 Å². The first-order chi connectivity index (χ1) is 15.6. The van der Waals surface area contributed by atoms with Gasteiger partial charge in [-0.3, -0.25) is 4.79 Å². The molecule has 1 amide bonds. The first-order valence-corrected chi connectivity index (χ1v) is 11.3. The van der Waals surface area contributed by atoms with Crippen molar-refractivity contribution in [2.75, 3.05) is 0 Å². The molecule has 1 atom stereocenters. The Morgan fingerprint density at radius 1 is 1.00 bits per heavy atom. The van der Waals surface area contributed by atoms with Crippen LogP contribution in [0.1, 0.15) is 29.2 Å². The quantitative estimate of drug-likeness (QED) is 0.485. The Morgan fingerprint density at radius 3 is 2.44 bits per heavy atom. The number of aromatic hydroxyl groups is 1. The fourth-order valence-electron chi connectivity index (χ4n) is 3.74. The first-order valence-electron chi connectivity index (χ1n) is 10.1. The lowest BCUT2D eigenvalue weighted by Gasteiger charge is -2.24. The number of hydrogen-bond acceptors (Lipinski definition) is 5. The summed E-state index contributed by atoms with van der Waals surface area (Å²) in [5.74, 6) is 0.717. The number of hydrazone groups is 1. The summed E-state index contributed by atoms with van der Waals surface area (Å²) in [6.07, 6.45) is 2.57. The molecule has 0 aromatic heterocycles. The summed E-state index contributed by atoms with van der Waals surface area (Å²) in [4.78, 5) is 17.3. The zero-order chi connectivity index (χ0) is 22.1. The molecule has 0 aliphatic carbocycles. The molecular weight excluding hydrogens is 442 g/mol. The van der Waals surface area contributed by atoms with Gasteiger partial charge in [0, 0.05) is 11.4 Å². The van der Waals surface area contributed by atoms with Gasteiger partial charge in [0.15, 0.2) is 5.84 Å². The first kappa shape index (κ1) is 20.5. The van der Waals surface area contributed by atoms with Gasteiger partial charge in [-0.15, -0.1) is 0 Å². The molecule has 5 nitrogen and oxygen atoms in total. The lowest BCUT2D eigenvalue weighted by molar-refractivity contribution is 0.267. The van der Waals surface area contributed by atoms with E-state index in [9.17, 15) is 9.90 Å². The van der Waals surface area contributed by atoms with Crippen molar-refractivity contribution in [3.05, 3.63) is 105 Å². The van der Waals surface area contributed by atoms with Crippen LogP contribution in [0.4, 0.5) is 4.79 Å². The number of phenols is 1. The van der Waals surface area contributed by atoms with E-state index in [1.54, 1.807) is 24.3 Å². The van der Waals surface area contributed by atoms with Gasteiger partial charge in [-0.25, -0.2) is 5.01 Å². The maximum absolute atomic E-state index is 12.3. The summed E-state index contributed by atoms with van der Waals surface area (Å²) < 4.78 is 0. The molecule has 0 saturated carbocycles. The fraction of sp³-hybridized carbons (Fsp3) is 0.0800. The van der Waals surface area contributed by atoms with Gasteiger partial charge in [-0.1, -0.05) is 66.2 Å². The number of carbonyl (C=O) groups excluding carboxylic acids is 1. The second-order valence-electron chi connectivity index (χ2n) is 7.43. The number of halogens is 1. The van der Waals surface area contributed by atoms with E-state index in [4.69, 9.17) is 16.7 Å². The molecule has 2 aliphatic rings. The number of aliphatic imine (C=N–C) groups is 1. The SMILES string of the molecule is O=C1N=C(N2N=C(c3ccccc3)CC2c2ccc(Cl)cc2)/C(=C/c2ccc(O)cc2)S1. The molecule has 32 heavy (non-hydrogen) atoms. The third-order valence-corrected chi connectivity index (χ3v) is 6.33. The van der Waals surface area contributed by atoms with Crippen LogP contribution in [0.15, 0.2) is 93.9 Å². The van der Waals surface area contributed by atoms with Crippen LogP contribution in [0.3, 0.4) is 0 Å². The molecule has 0 bridgehead atoms. The average molecular weight is 460 g/mol. The molecular formula is C25H18ClN3O2S.